The topological polar surface area (TPSA) is 76.2 Å². The third-order valence-corrected chi connectivity index (χ3v) is 4.71. The summed E-state index contributed by atoms with van der Waals surface area (Å²) in [6, 6.07) is 0. The smallest absolute Gasteiger partial charge is 0.410 e. The fraction of sp³-hybridized carbons (Fsp3) is 0.611. The van der Waals surface area contributed by atoms with Gasteiger partial charge in [-0.3, -0.25) is 9.69 Å². The quantitative estimate of drug-likeness (QED) is 0.679. The highest BCUT2D eigenvalue weighted by Gasteiger charge is 2.49. The number of hydrogen-bond donors (Lipinski definition) is 0. The van der Waals surface area contributed by atoms with Gasteiger partial charge in [-0.2, -0.15) is 0 Å². The second-order valence-electron chi connectivity index (χ2n) is 7.79. The molecule has 0 unspecified atom stereocenters. The summed E-state index contributed by atoms with van der Waals surface area (Å²) in [6.45, 7) is 8.41. The Morgan fingerprint density at radius 3 is 2.40 bits per heavy atom. The molecule has 1 spiro atoms. The van der Waals surface area contributed by atoms with Crippen LogP contribution in [0.1, 0.15) is 40.5 Å². The summed E-state index contributed by atoms with van der Waals surface area (Å²) in [4.78, 5) is 39.8. The van der Waals surface area contributed by atoms with E-state index in [2.05, 4.69) is 0 Å². The Labute approximate surface area is 147 Å². The van der Waals surface area contributed by atoms with Gasteiger partial charge in [0.1, 0.15) is 12.2 Å². The van der Waals surface area contributed by atoms with Crippen LogP contribution in [-0.2, 0) is 19.1 Å². The molecule has 1 fully saturated rings. The number of nitrogens with zero attached hydrogens (tertiary/aromatic N) is 2. The van der Waals surface area contributed by atoms with Crippen molar-refractivity contribution < 1.29 is 23.9 Å². The number of likely N-dealkylation sites (tertiary alicyclic amines) is 1. The monoisotopic (exact) mass is 348 g/mol. The minimum Gasteiger partial charge on any atom is -0.456 e. The van der Waals surface area contributed by atoms with Gasteiger partial charge < -0.3 is 14.4 Å². The van der Waals surface area contributed by atoms with E-state index in [4.69, 9.17) is 9.47 Å². The first-order chi connectivity index (χ1) is 11.6. The van der Waals surface area contributed by atoms with Crippen LogP contribution in [0, 0.1) is 5.41 Å². The first-order valence-electron chi connectivity index (χ1n) is 8.51. The van der Waals surface area contributed by atoms with Crippen molar-refractivity contribution >= 4 is 18.0 Å². The summed E-state index contributed by atoms with van der Waals surface area (Å²) < 4.78 is 10.3. The minimum atomic E-state index is -0.616. The van der Waals surface area contributed by atoms with E-state index in [1.54, 1.807) is 9.80 Å². The lowest BCUT2D eigenvalue weighted by Gasteiger charge is -2.38. The number of carbonyl (C=O) groups excluding carboxylic acids is 3. The molecule has 0 radical (unpaired) electrons. The average Bonchev–Trinajstić information content (AvgIpc) is 3.01. The number of allylic oxidation sites excluding steroid dienone is 1. The molecule has 0 saturated carbocycles. The number of cyclic esters (lactones) is 1. The van der Waals surface area contributed by atoms with Crippen LogP contribution < -0.4 is 0 Å². The summed E-state index contributed by atoms with van der Waals surface area (Å²) in [6.07, 6.45) is 4.07. The lowest BCUT2D eigenvalue weighted by molar-refractivity contribution is -0.137. The summed E-state index contributed by atoms with van der Waals surface area (Å²) in [5.74, 6) is -0.463. The third kappa shape index (κ3) is 3.27. The normalized spacial score (nSPS) is 22.9. The maximum atomic E-state index is 13.0. The Bertz CT molecular complexity index is 678. The highest BCUT2D eigenvalue weighted by molar-refractivity contribution is 5.94. The molecule has 3 heterocycles. The maximum absolute atomic E-state index is 13.0. The van der Waals surface area contributed by atoms with Gasteiger partial charge in [-0.1, -0.05) is 0 Å². The van der Waals surface area contributed by atoms with Gasteiger partial charge in [-0.25, -0.2) is 9.59 Å². The molecule has 25 heavy (non-hydrogen) atoms. The summed E-state index contributed by atoms with van der Waals surface area (Å²) >= 11 is 0. The SMILES string of the molecule is CC1=CC2(CCN(C(=O)OC(C)(C)C)CC2)C(=O)N1C1=CC(=O)OC1. The van der Waals surface area contributed by atoms with Crippen LogP contribution in [0.5, 0.6) is 0 Å². The van der Waals surface area contributed by atoms with Crippen molar-refractivity contribution in [3.63, 3.8) is 0 Å². The highest BCUT2D eigenvalue weighted by Crippen LogP contribution is 2.43. The number of rotatable bonds is 1. The molecule has 0 aromatic rings. The van der Waals surface area contributed by atoms with Gasteiger partial charge in [-0.15, -0.1) is 0 Å². The molecule has 0 bridgehead atoms. The van der Waals surface area contributed by atoms with E-state index in [-0.39, 0.29) is 18.6 Å². The molecule has 0 atom stereocenters. The number of ether oxygens (including phenoxy) is 2. The zero-order valence-electron chi connectivity index (χ0n) is 15.1. The van der Waals surface area contributed by atoms with E-state index < -0.39 is 17.0 Å². The first-order valence-corrected chi connectivity index (χ1v) is 8.51. The average molecular weight is 348 g/mol. The van der Waals surface area contributed by atoms with Gasteiger partial charge in [0.15, 0.2) is 0 Å². The lowest BCUT2D eigenvalue weighted by atomic mass is 9.78. The van der Waals surface area contributed by atoms with Gasteiger partial charge in [0.25, 0.3) is 0 Å². The predicted octanol–water partition coefficient (Wildman–Crippen LogP) is 2.19. The van der Waals surface area contributed by atoms with Crippen LogP contribution in [0.4, 0.5) is 4.79 Å². The molecule has 0 aromatic heterocycles. The molecule has 3 aliphatic rings. The molecule has 3 rings (SSSR count). The molecule has 2 amide bonds. The number of esters is 1. The Hall–Kier alpha value is -2.31. The molecule has 7 heteroatoms. The van der Waals surface area contributed by atoms with E-state index >= 15 is 0 Å². The van der Waals surface area contributed by atoms with Crippen LogP contribution in [0.2, 0.25) is 0 Å². The molecule has 3 aliphatic heterocycles. The molecular formula is C18H24N2O5. The summed E-state index contributed by atoms with van der Waals surface area (Å²) in [7, 11) is 0. The Morgan fingerprint density at radius 2 is 1.88 bits per heavy atom. The second kappa shape index (κ2) is 5.89. The van der Waals surface area contributed by atoms with Gasteiger partial charge in [0.05, 0.1) is 11.1 Å². The van der Waals surface area contributed by atoms with Gasteiger partial charge >= 0.3 is 12.1 Å². The lowest BCUT2D eigenvalue weighted by Crippen LogP contribution is -2.48. The molecule has 7 nitrogen and oxygen atoms in total. The van der Waals surface area contributed by atoms with Crippen LogP contribution in [0.15, 0.2) is 23.5 Å². The van der Waals surface area contributed by atoms with E-state index in [9.17, 15) is 14.4 Å². The van der Waals surface area contributed by atoms with Crippen LogP contribution in [0.25, 0.3) is 0 Å². The maximum Gasteiger partial charge on any atom is 0.410 e. The minimum absolute atomic E-state index is 0.0432. The van der Waals surface area contributed by atoms with E-state index in [0.29, 0.717) is 31.6 Å². The highest BCUT2D eigenvalue weighted by atomic mass is 16.6. The molecular weight excluding hydrogens is 324 g/mol. The van der Waals surface area contributed by atoms with Crippen molar-refractivity contribution in [1.29, 1.82) is 0 Å². The molecule has 0 N–H and O–H groups in total. The second-order valence-corrected chi connectivity index (χ2v) is 7.79. The number of carbonyl (C=O) groups is 3. The fourth-order valence-electron chi connectivity index (χ4n) is 3.53. The van der Waals surface area contributed by atoms with E-state index in [1.807, 2.05) is 33.8 Å². The molecule has 1 saturated heterocycles. The van der Waals surface area contributed by atoms with Crippen molar-refractivity contribution in [2.24, 2.45) is 5.41 Å². The van der Waals surface area contributed by atoms with Crippen molar-refractivity contribution in [1.82, 2.24) is 9.80 Å². The molecule has 0 aromatic carbocycles. The van der Waals surface area contributed by atoms with Crippen LogP contribution in [0.3, 0.4) is 0 Å². The van der Waals surface area contributed by atoms with E-state index in [1.165, 1.54) is 6.08 Å². The Balaban J connectivity index is 1.69. The van der Waals surface area contributed by atoms with Crippen molar-refractivity contribution in [3.8, 4) is 0 Å². The largest absolute Gasteiger partial charge is 0.456 e. The summed E-state index contributed by atoms with van der Waals surface area (Å²) in [5.41, 5.74) is 0.231. The number of amides is 2. The van der Waals surface area contributed by atoms with Crippen LogP contribution in [-0.4, -0.2) is 53.1 Å². The van der Waals surface area contributed by atoms with Gasteiger partial charge in [-0.05, 0) is 46.6 Å². The zero-order valence-corrected chi connectivity index (χ0v) is 15.1. The zero-order chi connectivity index (χ0) is 18.4. The summed E-state index contributed by atoms with van der Waals surface area (Å²) in [5, 5.41) is 0. The van der Waals surface area contributed by atoms with Crippen LogP contribution >= 0.6 is 0 Å². The standard InChI is InChI=1S/C18H24N2O5/c1-12-10-18(15(22)20(12)13-9-14(21)24-11-13)5-7-19(8-6-18)16(23)25-17(2,3)4/h9-10H,5-8,11H2,1-4H3. The molecule has 0 aliphatic carbocycles. The van der Waals surface area contributed by atoms with Crippen molar-refractivity contribution in [2.75, 3.05) is 19.7 Å². The van der Waals surface area contributed by atoms with Gasteiger partial charge in [0, 0.05) is 24.9 Å². The Kier molecular flexibility index (Phi) is 4.13. The molecule has 136 valence electrons. The van der Waals surface area contributed by atoms with Crippen molar-refractivity contribution in [3.05, 3.63) is 23.5 Å². The van der Waals surface area contributed by atoms with E-state index in [0.717, 1.165) is 5.70 Å². The Morgan fingerprint density at radius 1 is 1.24 bits per heavy atom. The number of piperidine rings is 1. The van der Waals surface area contributed by atoms with Gasteiger partial charge in [0.2, 0.25) is 5.91 Å². The third-order valence-electron chi connectivity index (χ3n) is 4.71. The van der Waals surface area contributed by atoms with Crippen molar-refractivity contribution in [2.45, 2.75) is 46.1 Å². The first kappa shape index (κ1) is 17.5. The predicted molar refractivity (Wildman–Crippen MR) is 89.1 cm³/mol. The number of hydrogen-bond acceptors (Lipinski definition) is 5. The fourth-order valence-corrected chi connectivity index (χ4v) is 3.53.